The molecule has 1 rings (SSSR count). The Bertz CT molecular complexity index is 465. The summed E-state index contributed by atoms with van der Waals surface area (Å²) in [6.07, 6.45) is 0.369. The molecule has 4 N–H and O–H groups in total. The molecular weight excluding hydrogens is 301 g/mol. The summed E-state index contributed by atoms with van der Waals surface area (Å²) in [5.74, 6) is 6.15. The molecule has 6 nitrogen and oxygen atoms in total. The Kier molecular flexibility index (Phi) is 6.84. The fourth-order valence-electron chi connectivity index (χ4n) is 1.71. The Morgan fingerprint density at radius 2 is 1.90 bits per heavy atom. The van der Waals surface area contributed by atoms with E-state index in [1.807, 2.05) is 13.8 Å². The molecule has 1 aromatic rings. The van der Waals surface area contributed by atoms with Gasteiger partial charge in [0.1, 0.15) is 5.82 Å². The van der Waals surface area contributed by atoms with Gasteiger partial charge in [0.15, 0.2) is 5.82 Å². The summed E-state index contributed by atoms with van der Waals surface area (Å²) in [6.45, 7) is 5.75. The van der Waals surface area contributed by atoms with E-state index in [1.165, 1.54) is 0 Å². The van der Waals surface area contributed by atoms with Gasteiger partial charge in [-0.25, -0.2) is 10.8 Å². The maximum absolute atomic E-state index is 11.8. The van der Waals surface area contributed by atoms with Gasteiger partial charge in [0.05, 0.1) is 10.0 Å². The van der Waals surface area contributed by atoms with Gasteiger partial charge in [-0.05, 0) is 19.9 Å². The van der Waals surface area contributed by atoms with Crippen molar-refractivity contribution in [1.82, 2.24) is 9.88 Å². The Morgan fingerprint density at radius 3 is 2.45 bits per heavy atom. The number of nitrogens with one attached hydrogen (secondary N) is 2. The number of hydrazine groups is 1. The number of amides is 1. The first-order valence-corrected chi connectivity index (χ1v) is 7.13. The van der Waals surface area contributed by atoms with Gasteiger partial charge in [-0.15, -0.1) is 0 Å². The molecule has 8 heteroatoms. The van der Waals surface area contributed by atoms with Gasteiger partial charge in [-0.3, -0.25) is 4.79 Å². The molecule has 0 saturated carbocycles. The monoisotopic (exact) mass is 319 g/mol. The molecule has 0 aliphatic carbocycles. The molecule has 1 heterocycles. The minimum atomic E-state index is 0.0877. The second kappa shape index (κ2) is 8.14. The van der Waals surface area contributed by atoms with Gasteiger partial charge in [-0.1, -0.05) is 23.2 Å². The number of hydrogen-bond acceptors (Lipinski definition) is 5. The van der Waals surface area contributed by atoms with Crippen LogP contribution in [0.3, 0.4) is 0 Å². The van der Waals surface area contributed by atoms with Crippen LogP contribution in [0.2, 0.25) is 10.0 Å². The molecule has 0 atom stereocenters. The van der Waals surface area contributed by atoms with E-state index in [0.717, 1.165) is 0 Å². The number of carbonyl (C=O) groups is 1. The normalized spacial score (nSPS) is 10.2. The number of nitrogens with two attached hydrogens (primary N) is 1. The van der Waals surface area contributed by atoms with Crippen molar-refractivity contribution in [2.45, 2.75) is 20.3 Å². The smallest absolute Gasteiger partial charge is 0.224 e. The van der Waals surface area contributed by atoms with Gasteiger partial charge in [0.2, 0.25) is 5.91 Å². The van der Waals surface area contributed by atoms with Crippen LogP contribution in [0.1, 0.15) is 20.3 Å². The lowest BCUT2D eigenvalue weighted by atomic mass is 10.3. The third-order valence-corrected chi connectivity index (χ3v) is 3.39. The molecule has 0 radical (unpaired) electrons. The first-order valence-electron chi connectivity index (χ1n) is 6.37. The Balaban J connectivity index is 2.60. The van der Waals surface area contributed by atoms with Gasteiger partial charge >= 0.3 is 0 Å². The predicted octanol–water partition coefficient (Wildman–Crippen LogP) is 2.34. The van der Waals surface area contributed by atoms with Crippen LogP contribution in [0, 0.1) is 0 Å². The van der Waals surface area contributed by atoms with Crippen molar-refractivity contribution in [2.75, 3.05) is 30.4 Å². The van der Waals surface area contributed by atoms with E-state index < -0.39 is 0 Å². The average molecular weight is 320 g/mol. The Morgan fingerprint density at radius 1 is 1.30 bits per heavy atom. The first kappa shape index (κ1) is 16.8. The molecule has 0 spiro atoms. The molecule has 0 unspecified atom stereocenters. The maximum atomic E-state index is 11.8. The molecule has 1 amide bonds. The summed E-state index contributed by atoms with van der Waals surface area (Å²) in [6, 6.07) is 1.54. The number of carbonyl (C=O) groups excluding carboxylic acids is 1. The van der Waals surface area contributed by atoms with Crippen LogP contribution in [0.5, 0.6) is 0 Å². The fourth-order valence-corrected chi connectivity index (χ4v) is 2.19. The SMILES string of the molecule is CCN(CC)C(=O)CCNc1nc(NN)c(Cl)cc1Cl. The minimum absolute atomic E-state index is 0.0877. The first-order chi connectivity index (χ1) is 9.53. The molecule has 20 heavy (non-hydrogen) atoms. The van der Waals surface area contributed by atoms with Crippen LogP contribution in [-0.4, -0.2) is 35.4 Å². The molecule has 0 bridgehead atoms. The summed E-state index contributed by atoms with van der Waals surface area (Å²) >= 11 is 11.9. The van der Waals surface area contributed by atoms with E-state index in [0.29, 0.717) is 47.7 Å². The number of hydrogen-bond donors (Lipinski definition) is 3. The van der Waals surface area contributed by atoms with Gasteiger partial charge in [-0.2, -0.15) is 0 Å². The van der Waals surface area contributed by atoms with E-state index >= 15 is 0 Å². The maximum Gasteiger partial charge on any atom is 0.224 e. The zero-order chi connectivity index (χ0) is 15.1. The molecular formula is C12H19Cl2N5O. The van der Waals surface area contributed by atoms with E-state index in [-0.39, 0.29) is 5.91 Å². The zero-order valence-electron chi connectivity index (χ0n) is 11.5. The number of aromatic nitrogens is 1. The van der Waals surface area contributed by atoms with Crippen molar-refractivity contribution >= 4 is 40.7 Å². The van der Waals surface area contributed by atoms with Crippen LogP contribution in [0.25, 0.3) is 0 Å². The van der Waals surface area contributed by atoms with E-state index in [1.54, 1.807) is 11.0 Å². The van der Waals surface area contributed by atoms with E-state index in [9.17, 15) is 4.79 Å². The number of halogens is 2. The lowest BCUT2D eigenvalue weighted by Gasteiger charge is -2.18. The van der Waals surface area contributed by atoms with Crippen LogP contribution < -0.4 is 16.6 Å². The molecule has 1 aromatic heterocycles. The standard InChI is InChI=1S/C12H19Cl2N5O/c1-3-19(4-2)10(20)5-6-16-11-8(13)7-9(14)12(17-11)18-15/h7H,3-6,15H2,1-2H3,(H2,16,17,18). The van der Waals surface area contributed by atoms with Crippen molar-refractivity contribution in [1.29, 1.82) is 0 Å². The molecule has 0 fully saturated rings. The van der Waals surface area contributed by atoms with E-state index in [4.69, 9.17) is 29.0 Å². The summed E-state index contributed by atoms with van der Waals surface area (Å²) in [4.78, 5) is 17.7. The number of nitrogens with zero attached hydrogens (tertiary/aromatic N) is 2. The summed E-state index contributed by atoms with van der Waals surface area (Å²) < 4.78 is 0. The molecule has 0 saturated heterocycles. The van der Waals surface area contributed by atoms with E-state index in [2.05, 4.69) is 15.7 Å². The summed E-state index contributed by atoms with van der Waals surface area (Å²) in [7, 11) is 0. The number of rotatable bonds is 7. The van der Waals surface area contributed by atoms with Gasteiger partial charge in [0.25, 0.3) is 0 Å². The highest BCUT2D eigenvalue weighted by molar-refractivity contribution is 6.37. The fraction of sp³-hybridized carbons (Fsp3) is 0.500. The second-order valence-corrected chi connectivity index (χ2v) is 4.85. The van der Waals surface area contributed by atoms with Gasteiger partial charge < -0.3 is 15.6 Å². The minimum Gasteiger partial charge on any atom is -0.368 e. The summed E-state index contributed by atoms with van der Waals surface area (Å²) in [5, 5.41) is 3.72. The van der Waals surface area contributed by atoms with Crippen molar-refractivity contribution in [2.24, 2.45) is 5.84 Å². The molecule has 0 aromatic carbocycles. The molecule has 0 aliphatic heterocycles. The number of pyridine rings is 1. The molecule has 112 valence electrons. The topological polar surface area (TPSA) is 83.3 Å². The van der Waals surface area contributed by atoms with Crippen molar-refractivity contribution in [3.05, 3.63) is 16.1 Å². The second-order valence-electron chi connectivity index (χ2n) is 4.04. The van der Waals surface area contributed by atoms with Crippen LogP contribution in [0.15, 0.2) is 6.07 Å². The van der Waals surface area contributed by atoms with Gasteiger partial charge in [0, 0.05) is 26.1 Å². The average Bonchev–Trinajstić information content (AvgIpc) is 2.42. The summed E-state index contributed by atoms with van der Waals surface area (Å²) in [5.41, 5.74) is 2.38. The lowest BCUT2D eigenvalue weighted by molar-refractivity contribution is -0.130. The Hall–Kier alpha value is -1.24. The van der Waals surface area contributed by atoms with Crippen molar-refractivity contribution in [3.8, 4) is 0 Å². The highest BCUT2D eigenvalue weighted by Crippen LogP contribution is 2.28. The third-order valence-electron chi connectivity index (χ3n) is 2.81. The highest BCUT2D eigenvalue weighted by atomic mass is 35.5. The van der Waals surface area contributed by atoms with Crippen molar-refractivity contribution in [3.63, 3.8) is 0 Å². The quantitative estimate of drug-likeness (QED) is 0.530. The number of nitrogen functional groups attached to an aromatic ring is 1. The number of anilines is 2. The third kappa shape index (κ3) is 4.40. The Labute approximate surface area is 128 Å². The van der Waals surface area contributed by atoms with Crippen LogP contribution in [0.4, 0.5) is 11.6 Å². The largest absolute Gasteiger partial charge is 0.368 e. The predicted molar refractivity (Wildman–Crippen MR) is 83.1 cm³/mol. The highest BCUT2D eigenvalue weighted by Gasteiger charge is 2.11. The molecule has 0 aliphatic rings. The van der Waals surface area contributed by atoms with Crippen LogP contribution in [-0.2, 0) is 4.79 Å². The lowest BCUT2D eigenvalue weighted by Crippen LogP contribution is -2.31. The zero-order valence-corrected chi connectivity index (χ0v) is 13.1. The van der Waals surface area contributed by atoms with Crippen molar-refractivity contribution < 1.29 is 4.79 Å². The van der Waals surface area contributed by atoms with Crippen LogP contribution >= 0.6 is 23.2 Å².